The minimum atomic E-state index is -2.14. The first-order valence-electron chi connectivity index (χ1n) is 13.0. The van der Waals surface area contributed by atoms with Crippen LogP contribution in [0.1, 0.15) is 19.8 Å². The number of hydrogen-bond donors (Lipinski definition) is 1. The standard InChI is InChI=1S/4C6F5.C4H11N.4Al/c4*7-2-1-3(8)5(10)6(11)4(2)9;1-2-3-4-5;;;;/h;;;;2-5H2,1H3;;;;/q;;;;;4*+2. The molecule has 0 spiro atoms. The van der Waals surface area contributed by atoms with Crippen molar-refractivity contribution in [1.29, 1.82) is 0 Å². The van der Waals surface area contributed by atoms with E-state index in [1.165, 1.54) is 78.0 Å². The van der Waals surface area contributed by atoms with Gasteiger partial charge in [-0.3, -0.25) is 0 Å². The molecule has 2 N–H and O–H groups in total. The van der Waals surface area contributed by atoms with Gasteiger partial charge in [-0.25, -0.2) is 0 Å². The van der Waals surface area contributed by atoms with Gasteiger partial charge in [-0.15, -0.1) is 0 Å². The van der Waals surface area contributed by atoms with Gasteiger partial charge in [0.05, 0.1) is 0 Å². The van der Waals surface area contributed by atoms with E-state index in [9.17, 15) is 87.8 Å². The van der Waals surface area contributed by atoms with Crippen LogP contribution in [0.2, 0.25) is 0 Å². The Bertz CT molecular complexity index is 1250. The summed E-state index contributed by atoms with van der Waals surface area (Å²) in [5.74, 6) is -38.6. The molecule has 0 bridgehead atoms. The molecule has 0 amide bonds. The van der Waals surface area contributed by atoms with Crippen LogP contribution in [0.3, 0.4) is 0 Å². The molecule has 272 valence electrons. The molecule has 0 unspecified atom stereocenters. The van der Waals surface area contributed by atoms with E-state index in [0.717, 1.165) is 6.54 Å². The predicted molar refractivity (Wildman–Crippen MR) is 150 cm³/mol. The average Bonchev–Trinajstić information content (AvgIpc) is 3.15. The van der Waals surface area contributed by atoms with Gasteiger partial charge >= 0.3 is 287 Å². The van der Waals surface area contributed by atoms with Crippen molar-refractivity contribution in [2.45, 2.75) is 19.8 Å². The first-order valence-corrected chi connectivity index (χ1v) is 15.4. The van der Waals surface area contributed by atoms with Gasteiger partial charge < -0.3 is 5.73 Å². The number of unbranched alkanes of at least 4 members (excludes halogenated alkanes) is 1. The third-order valence-corrected chi connectivity index (χ3v) is 7.56. The SMILES string of the molecule is CCCCN.Fc1c(F)c(F)[c]([Al+2])c(F)c1F.Fc1c(F)c(F)[c]([Al+2])c(F)c1F.Fc1c(F)c(F)[c]([Al+2])c(F)c1F.Fc1c(F)c(F)[c]([Al+2])c(F)c1F. The summed E-state index contributed by atoms with van der Waals surface area (Å²) in [6.45, 7) is 2.98. The molecule has 0 saturated heterocycles. The zero-order valence-electron chi connectivity index (χ0n) is 25.6. The number of halogens is 20. The normalized spacial score (nSPS) is 10.4. The van der Waals surface area contributed by atoms with E-state index < -0.39 is 134 Å². The fraction of sp³-hybridized carbons (Fsp3) is 0.143. The monoisotopic (exact) mass is 849 g/mol. The quantitative estimate of drug-likeness (QED) is 0.124. The predicted octanol–water partition coefficient (Wildman–Crippen LogP) is 5.45. The van der Waals surface area contributed by atoms with Crippen molar-refractivity contribution < 1.29 is 87.8 Å². The number of benzene rings is 4. The summed E-state index contributed by atoms with van der Waals surface area (Å²) in [6.07, 6.45) is 2.39. The molecule has 1 nitrogen and oxygen atoms in total. The second-order valence-electron chi connectivity index (χ2n) is 9.08. The van der Waals surface area contributed by atoms with Gasteiger partial charge in [0.2, 0.25) is 0 Å². The van der Waals surface area contributed by atoms with E-state index in [1.54, 1.807) is 0 Å². The molecule has 0 radical (unpaired) electrons. The van der Waals surface area contributed by atoms with Crippen LogP contribution in [-0.4, -0.2) is 71.7 Å². The van der Waals surface area contributed by atoms with E-state index in [4.69, 9.17) is 5.73 Å². The molecule has 4 aromatic rings. The van der Waals surface area contributed by atoms with Crippen LogP contribution in [-0.2, 0) is 0 Å². The Balaban J connectivity index is 0.000000652. The molecule has 0 aliphatic carbocycles. The number of hydrogen-bond acceptors (Lipinski definition) is 1. The van der Waals surface area contributed by atoms with Gasteiger partial charge in [0.25, 0.3) is 0 Å². The third-order valence-electron chi connectivity index (χ3n) is 5.53. The summed E-state index contributed by atoms with van der Waals surface area (Å²) in [4.78, 5) is 0. The Morgan fingerprint density at radius 1 is 0.283 bits per heavy atom. The van der Waals surface area contributed by atoms with Crippen LogP contribution in [0.25, 0.3) is 0 Å². The van der Waals surface area contributed by atoms with E-state index in [1.807, 2.05) is 0 Å². The van der Waals surface area contributed by atoms with Crippen LogP contribution >= 0.6 is 0 Å². The van der Waals surface area contributed by atoms with Gasteiger partial charge in [-0.2, -0.15) is 0 Å². The summed E-state index contributed by atoms with van der Waals surface area (Å²) in [5.41, 5.74) is 5.14. The van der Waals surface area contributed by atoms with Crippen molar-refractivity contribution >= 4 is 82.9 Å². The van der Waals surface area contributed by atoms with Crippen molar-refractivity contribution in [1.82, 2.24) is 0 Å². The molecule has 0 atom stereocenters. The Morgan fingerprint density at radius 2 is 0.396 bits per heavy atom. The molecule has 0 fully saturated rings. The zero-order chi connectivity index (χ0) is 42.0. The molecular weight excluding hydrogens is 838 g/mol. The maximum absolute atomic E-state index is 12.4. The second-order valence-corrected chi connectivity index (χ2v) is 11.4. The van der Waals surface area contributed by atoms with E-state index >= 15 is 0 Å². The fourth-order valence-electron chi connectivity index (χ4n) is 2.69. The molecule has 0 heterocycles. The number of rotatable bonds is 2. The third kappa shape index (κ3) is 12.3. The molecule has 0 aliphatic rings. The molecule has 0 aliphatic heterocycles. The summed E-state index contributed by atoms with van der Waals surface area (Å²) < 4.78 is 242. The molecule has 53 heavy (non-hydrogen) atoms. The van der Waals surface area contributed by atoms with Gasteiger partial charge in [-0.05, 0) is 13.0 Å². The van der Waals surface area contributed by atoms with Crippen molar-refractivity contribution in [2.24, 2.45) is 5.73 Å². The molecule has 0 saturated carbocycles. The number of nitrogens with two attached hydrogens (primary N) is 1. The first-order chi connectivity index (χ1) is 24.3. The van der Waals surface area contributed by atoms with Gasteiger partial charge in [0.1, 0.15) is 0 Å². The Morgan fingerprint density at radius 3 is 0.472 bits per heavy atom. The van der Waals surface area contributed by atoms with Crippen LogP contribution in [0.4, 0.5) is 87.8 Å². The molecule has 4 rings (SSSR count). The minimum absolute atomic E-state index is 0.844. The zero-order valence-corrected chi connectivity index (χ0v) is 30.2. The Kier molecular flexibility index (Phi) is 21.2. The fourth-order valence-corrected chi connectivity index (χ4v) is 3.71. The Hall–Kier alpha value is -2.43. The maximum atomic E-state index is 12.4. The van der Waals surface area contributed by atoms with Crippen molar-refractivity contribution in [3.8, 4) is 0 Å². The van der Waals surface area contributed by atoms with Crippen molar-refractivity contribution in [2.75, 3.05) is 6.54 Å². The van der Waals surface area contributed by atoms with Crippen LogP contribution in [0, 0.1) is 116 Å². The van der Waals surface area contributed by atoms with Crippen molar-refractivity contribution in [3.63, 3.8) is 0 Å². The first kappa shape index (κ1) is 50.6. The topological polar surface area (TPSA) is 26.0 Å². The molecule has 4 aromatic carbocycles. The molecular formula is C28H11Al4F20N+8. The van der Waals surface area contributed by atoms with Gasteiger partial charge in [0, 0.05) is 0 Å². The summed E-state index contributed by atoms with van der Waals surface area (Å²) in [6, 6.07) is 0. The molecule has 25 heteroatoms. The van der Waals surface area contributed by atoms with Crippen molar-refractivity contribution in [3.05, 3.63) is 116 Å². The van der Waals surface area contributed by atoms with Crippen LogP contribution in [0.15, 0.2) is 0 Å². The second kappa shape index (κ2) is 22.2. The van der Waals surface area contributed by atoms with E-state index in [-0.39, 0.29) is 0 Å². The summed E-state index contributed by atoms with van der Waals surface area (Å²) >= 11 is 5.76. The van der Waals surface area contributed by atoms with Gasteiger partial charge in [-0.1, -0.05) is 13.3 Å². The van der Waals surface area contributed by atoms with E-state index in [0.29, 0.717) is 0 Å². The molecule has 0 aromatic heterocycles. The van der Waals surface area contributed by atoms with Gasteiger partial charge in [0.15, 0.2) is 0 Å². The Labute approximate surface area is 317 Å². The summed E-state index contributed by atoms with van der Waals surface area (Å²) in [7, 11) is 0. The van der Waals surface area contributed by atoms with E-state index in [2.05, 4.69) is 6.92 Å². The van der Waals surface area contributed by atoms with Crippen LogP contribution in [0.5, 0.6) is 0 Å². The average molecular weight is 849 g/mol. The summed E-state index contributed by atoms with van der Waals surface area (Å²) in [5, 5.41) is 0. The van der Waals surface area contributed by atoms with Crippen LogP contribution < -0.4 is 23.4 Å².